The molecule has 0 unspecified atom stereocenters. The van der Waals surface area contributed by atoms with Crippen molar-refractivity contribution in [2.45, 2.75) is 13.3 Å². The largest absolute Gasteiger partial charge is 0.505 e. The maximum absolute atomic E-state index is 12.0. The van der Waals surface area contributed by atoms with Crippen LogP contribution in [0, 0.1) is 0 Å². The first-order valence-corrected chi connectivity index (χ1v) is 7.47. The number of benzene rings is 2. The Bertz CT molecular complexity index is 742. The van der Waals surface area contributed by atoms with Crippen molar-refractivity contribution in [3.8, 4) is 11.5 Å². The highest BCUT2D eigenvalue weighted by Gasteiger charge is 2.16. The van der Waals surface area contributed by atoms with E-state index in [2.05, 4.69) is 10.1 Å². The van der Waals surface area contributed by atoms with Crippen LogP contribution in [-0.2, 0) is 16.0 Å². The van der Waals surface area contributed by atoms with Gasteiger partial charge in [0, 0.05) is 0 Å². The number of carbonyl (C=O) groups excluding carboxylic acids is 2. The lowest BCUT2D eigenvalue weighted by Crippen LogP contribution is -2.21. The summed E-state index contributed by atoms with van der Waals surface area (Å²) in [6, 6.07) is 11.9. The minimum Gasteiger partial charge on any atom is -0.505 e. The Balaban J connectivity index is 2.04. The second-order valence-electron chi connectivity index (χ2n) is 4.99. The normalized spacial score (nSPS) is 10.1. The summed E-state index contributed by atoms with van der Waals surface area (Å²) < 4.78 is 10.1. The summed E-state index contributed by atoms with van der Waals surface area (Å²) in [5.74, 6) is -0.829. The van der Waals surface area contributed by atoms with E-state index in [1.54, 1.807) is 6.07 Å². The van der Waals surface area contributed by atoms with Crippen LogP contribution < -0.4 is 10.1 Å². The van der Waals surface area contributed by atoms with E-state index in [-0.39, 0.29) is 23.6 Å². The molecule has 126 valence electrons. The molecule has 6 heteroatoms. The summed E-state index contributed by atoms with van der Waals surface area (Å²) in [4.78, 5) is 23.6. The van der Waals surface area contributed by atoms with Crippen LogP contribution in [0.1, 0.15) is 22.8 Å². The summed E-state index contributed by atoms with van der Waals surface area (Å²) in [5, 5.41) is 12.6. The van der Waals surface area contributed by atoms with Gasteiger partial charge in [-0.15, -0.1) is 0 Å². The van der Waals surface area contributed by atoms with Gasteiger partial charge in [-0.25, -0.2) is 4.79 Å². The number of aryl methyl sites for hydroxylation is 1. The van der Waals surface area contributed by atoms with Crippen molar-refractivity contribution in [3.05, 3.63) is 53.6 Å². The van der Waals surface area contributed by atoms with Crippen LogP contribution in [-0.4, -0.2) is 30.7 Å². The number of hydrogen-bond donors (Lipinski definition) is 2. The molecule has 24 heavy (non-hydrogen) atoms. The van der Waals surface area contributed by atoms with E-state index in [0.29, 0.717) is 5.75 Å². The first kappa shape index (κ1) is 17.3. The van der Waals surface area contributed by atoms with Crippen LogP contribution in [0.4, 0.5) is 5.69 Å². The predicted octanol–water partition coefficient (Wildman–Crippen LogP) is 2.76. The van der Waals surface area contributed by atoms with E-state index in [1.807, 2.05) is 25.1 Å². The maximum Gasteiger partial charge on any atom is 0.341 e. The molecule has 2 aromatic rings. The highest BCUT2D eigenvalue weighted by molar-refractivity contribution is 5.98. The molecule has 0 aromatic heterocycles. The van der Waals surface area contributed by atoms with Gasteiger partial charge in [-0.3, -0.25) is 4.79 Å². The molecule has 1 amide bonds. The van der Waals surface area contributed by atoms with Gasteiger partial charge in [0.2, 0.25) is 0 Å². The van der Waals surface area contributed by atoms with Gasteiger partial charge in [0.15, 0.2) is 12.4 Å². The molecule has 0 atom stereocenters. The summed E-state index contributed by atoms with van der Waals surface area (Å²) >= 11 is 0. The van der Waals surface area contributed by atoms with Crippen LogP contribution in [0.5, 0.6) is 11.5 Å². The van der Waals surface area contributed by atoms with E-state index >= 15 is 0 Å². The molecule has 0 saturated heterocycles. The van der Waals surface area contributed by atoms with Crippen LogP contribution in [0.2, 0.25) is 0 Å². The minimum atomic E-state index is -0.684. The Morgan fingerprint density at radius 3 is 2.58 bits per heavy atom. The van der Waals surface area contributed by atoms with Gasteiger partial charge in [-0.05, 0) is 30.2 Å². The number of para-hydroxylation sites is 2. The van der Waals surface area contributed by atoms with Crippen molar-refractivity contribution in [2.75, 3.05) is 19.0 Å². The number of amides is 1. The van der Waals surface area contributed by atoms with Gasteiger partial charge in [-0.2, -0.15) is 0 Å². The minimum absolute atomic E-state index is 0.0208. The fourth-order valence-electron chi connectivity index (χ4n) is 2.19. The molecule has 2 N–H and O–H groups in total. The molecular weight excluding hydrogens is 310 g/mol. The zero-order valence-corrected chi connectivity index (χ0v) is 13.5. The van der Waals surface area contributed by atoms with E-state index < -0.39 is 11.9 Å². The summed E-state index contributed by atoms with van der Waals surface area (Å²) in [6.45, 7) is 1.79. The van der Waals surface area contributed by atoms with Gasteiger partial charge in [0.05, 0.1) is 12.8 Å². The molecule has 0 aliphatic carbocycles. The first-order valence-electron chi connectivity index (χ1n) is 7.47. The average Bonchev–Trinajstić information content (AvgIpc) is 2.61. The second-order valence-corrected chi connectivity index (χ2v) is 4.99. The fraction of sp³-hybridized carbons (Fsp3) is 0.222. The first-order chi connectivity index (χ1) is 11.6. The number of esters is 1. The standard InChI is InChI=1S/C18H19NO5/c1-3-12-7-4-5-10-15(12)24-11-16(20)19-14-9-6-8-13(17(14)21)18(22)23-2/h4-10,21H,3,11H2,1-2H3,(H,19,20). The summed E-state index contributed by atoms with van der Waals surface area (Å²) in [5.41, 5.74) is 1.10. The third kappa shape index (κ3) is 4.04. The summed E-state index contributed by atoms with van der Waals surface area (Å²) in [6.07, 6.45) is 0.791. The van der Waals surface area contributed by atoms with Crippen molar-refractivity contribution in [3.63, 3.8) is 0 Å². The van der Waals surface area contributed by atoms with Crippen LogP contribution >= 0.6 is 0 Å². The molecule has 0 radical (unpaired) electrons. The van der Waals surface area contributed by atoms with E-state index in [0.717, 1.165) is 12.0 Å². The fourth-order valence-corrected chi connectivity index (χ4v) is 2.19. The Morgan fingerprint density at radius 2 is 1.88 bits per heavy atom. The van der Waals surface area contributed by atoms with Crippen molar-refractivity contribution in [1.82, 2.24) is 0 Å². The zero-order chi connectivity index (χ0) is 17.5. The van der Waals surface area contributed by atoms with E-state index in [1.165, 1.54) is 25.3 Å². The highest BCUT2D eigenvalue weighted by Crippen LogP contribution is 2.28. The number of phenols is 1. The number of hydrogen-bond acceptors (Lipinski definition) is 5. The van der Waals surface area contributed by atoms with Crippen molar-refractivity contribution < 1.29 is 24.2 Å². The van der Waals surface area contributed by atoms with Crippen LogP contribution in [0.15, 0.2) is 42.5 Å². The Labute approximate surface area is 140 Å². The zero-order valence-electron chi connectivity index (χ0n) is 13.5. The third-order valence-corrected chi connectivity index (χ3v) is 3.43. The summed E-state index contributed by atoms with van der Waals surface area (Å²) in [7, 11) is 1.21. The quantitative estimate of drug-likeness (QED) is 0.629. The molecule has 0 saturated carbocycles. The van der Waals surface area contributed by atoms with Crippen LogP contribution in [0.3, 0.4) is 0 Å². The lowest BCUT2D eigenvalue weighted by molar-refractivity contribution is -0.118. The number of ether oxygens (including phenoxy) is 2. The maximum atomic E-state index is 12.0. The lowest BCUT2D eigenvalue weighted by atomic mass is 10.1. The van der Waals surface area contributed by atoms with Gasteiger partial charge in [0.25, 0.3) is 5.91 Å². The van der Waals surface area contributed by atoms with Gasteiger partial charge in [-0.1, -0.05) is 31.2 Å². The number of nitrogens with one attached hydrogen (secondary N) is 1. The van der Waals surface area contributed by atoms with Gasteiger partial charge >= 0.3 is 5.97 Å². The van der Waals surface area contributed by atoms with Crippen molar-refractivity contribution >= 4 is 17.6 Å². The number of carbonyl (C=O) groups is 2. The molecule has 6 nitrogen and oxygen atoms in total. The smallest absolute Gasteiger partial charge is 0.341 e. The number of phenolic OH excluding ortho intramolecular Hbond substituents is 1. The Morgan fingerprint density at radius 1 is 1.12 bits per heavy atom. The monoisotopic (exact) mass is 329 g/mol. The van der Waals surface area contributed by atoms with E-state index in [4.69, 9.17) is 4.74 Å². The van der Waals surface area contributed by atoms with Crippen molar-refractivity contribution in [1.29, 1.82) is 0 Å². The number of rotatable bonds is 6. The molecule has 0 bridgehead atoms. The molecule has 0 spiro atoms. The molecular formula is C18H19NO5. The predicted molar refractivity (Wildman–Crippen MR) is 89.4 cm³/mol. The lowest BCUT2D eigenvalue weighted by Gasteiger charge is -2.12. The number of methoxy groups -OCH3 is 1. The molecule has 0 aliphatic rings. The number of anilines is 1. The molecule has 0 heterocycles. The highest BCUT2D eigenvalue weighted by atomic mass is 16.5. The molecule has 2 aromatic carbocycles. The van der Waals surface area contributed by atoms with Crippen molar-refractivity contribution in [2.24, 2.45) is 0 Å². The average molecular weight is 329 g/mol. The van der Waals surface area contributed by atoms with Gasteiger partial charge < -0.3 is 19.9 Å². The molecule has 2 rings (SSSR count). The topological polar surface area (TPSA) is 84.9 Å². The third-order valence-electron chi connectivity index (χ3n) is 3.43. The van der Waals surface area contributed by atoms with E-state index in [9.17, 15) is 14.7 Å². The Hall–Kier alpha value is -3.02. The van der Waals surface area contributed by atoms with Gasteiger partial charge in [0.1, 0.15) is 11.3 Å². The molecule has 0 aliphatic heterocycles. The number of aromatic hydroxyl groups is 1. The SMILES string of the molecule is CCc1ccccc1OCC(=O)Nc1cccc(C(=O)OC)c1O. The Kier molecular flexibility index (Phi) is 5.78. The second kappa shape index (κ2) is 8.01. The van der Waals surface area contributed by atoms with Crippen LogP contribution in [0.25, 0.3) is 0 Å². The molecule has 0 fully saturated rings.